The molecule has 1 N–H and O–H groups in total. The molecule has 24 heavy (non-hydrogen) atoms. The van der Waals surface area contributed by atoms with Crippen LogP contribution in [0.2, 0.25) is 0 Å². The van der Waals surface area contributed by atoms with Gasteiger partial charge in [0.05, 0.1) is 0 Å². The van der Waals surface area contributed by atoms with Crippen molar-refractivity contribution in [3.05, 3.63) is 71.8 Å². The number of nitrogens with zero attached hydrogens (tertiary/aromatic N) is 1. The molecule has 0 bridgehead atoms. The van der Waals surface area contributed by atoms with Crippen LogP contribution in [0.4, 0.5) is 4.79 Å². The summed E-state index contributed by atoms with van der Waals surface area (Å²) >= 11 is 0. The summed E-state index contributed by atoms with van der Waals surface area (Å²) < 4.78 is 0. The predicted molar refractivity (Wildman–Crippen MR) is 95.8 cm³/mol. The monoisotopic (exact) mass is 320 g/mol. The second-order valence-corrected chi connectivity index (χ2v) is 7.15. The second kappa shape index (κ2) is 6.31. The van der Waals surface area contributed by atoms with E-state index in [1.165, 1.54) is 24.0 Å². The standard InChI is InChI=1S/C21H24N2O/c24-20(22-16-21(13-14-21)18-9-5-2-6-10-18)23(19-11-12-19)15-17-7-3-1-4-8-17/h1-10,19H,11-16H2,(H,22,24). The number of nitrogens with one attached hydrogen (secondary N) is 1. The van der Waals surface area contributed by atoms with Crippen molar-refractivity contribution in [2.75, 3.05) is 6.54 Å². The van der Waals surface area contributed by atoms with Crippen molar-refractivity contribution in [2.24, 2.45) is 0 Å². The summed E-state index contributed by atoms with van der Waals surface area (Å²) in [5.41, 5.74) is 2.72. The van der Waals surface area contributed by atoms with Crippen LogP contribution in [-0.4, -0.2) is 23.5 Å². The highest BCUT2D eigenvalue weighted by molar-refractivity contribution is 5.75. The fourth-order valence-electron chi connectivity index (χ4n) is 3.39. The van der Waals surface area contributed by atoms with Crippen molar-refractivity contribution >= 4 is 6.03 Å². The maximum Gasteiger partial charge on any atom is 0.317 e. The first kappa shape index (κ1) is 15.3. The lowest BCUT2D eigenvalue weighted by atomic mass is 9.96. The van der Waals surface area contributed by atoms with Gasteiger partial charge >= 0.3 is 6.03 Å². The van der Waals surface area contributed by atoms with E-state index in [1.807, 2.05) is 29.2 Å². The highest BCUT2D eigenvalue weighted by Crippen LogP contribution is 2.47. The summed E-state index contributed by atoms with van der Waals surface area (Å²) in [5.74, 6) is 0. The van der Waals surface area contributed by atoms with Crippen LogP contribution in [0.25, 0.3) is 0 Å². The van der Waals surface area contributed by atoms with Gasteiger partial charge in [0.1, 0.15) is 0 Å². The number of hydrogen-bond acceptors (Lipinski definition) is 1. The van der Waals surface area contributed by atoms with E-state index in [0.29, 0.717) is 12.6 Å². The summed E-state index contributed by atoms with van der Waals surface area (Å²) in [7, 11) is 0. The summed E-state index contributed by atoms with van der Waals surface area (Å²) in [6.07, 6.45) is 4.59. The van der Waals surface area contributed by atoms with Crippen LogP contribution in [0.5, 0.6) is 0 Å². The van der Waals surface area contributed by atoms with Gasteiger partial charge in [-0.25, -0.2) is 4.79 Å². The van der Waals surface area contributed by atoms with Crippen LogP contribution in [0.3, 0.4) is 0 Å². The first-order valence-electron chi connectivity index (χ1n) is 8.91. The molecule has 0 atom stereocenters. The molecule has 2 aromatic carbocycles. The Morgan fingerprint density at radius 1 is 1.00 bits per heavy atom. The van der Waals surface area contributed by atoms with E-state index in [0.717, 1.165) is 19.4 Å². The number of rotatable bonds is 6. The Kier molecular flexibility index (Phi) is 4.01. The Labute approximate surface area is 143 Å². The van der Waals surface area contributed by atoms with Gasteiger partial charge in [-0.2, -0.15) is 0 Å². The van der Waals surface area contributed by atoms with Crippen LogP contribution in [0.15, 0.2) is 60.7 Å². The summed E-state index contributed by atoms with van der Waals surface area (Å²) in [4.78, 5) is 14.8. The zero-order valence-corrected chi connectivity index (χ0v) is 13.9. The molecule has 0 heterocycles. The van der Waals surface area contributed by atoms with Crippen LogP contribution in [-0.2, 0) is 12.0 Å². The molecule has 2 saturated carbocycles. The summed E-state index contributed by atoms with van der Waals surface area (Å²) in [6, 6.07) is 21.4. The molecule has 2 aliphatic carbocycles. The second-order valence-electron chi connectivity index (χ2n) is 7.15. The molecule has 0 saturated heterocycles. The Morgan fingerprint density at radius 3 is 2.21 bits per heavy atom. The van der Waals surface area contributed by atoms with E-state index < -0.39 is 0 Å². The van der Waals surface area contributed by atoms with Crippen LogP contribution >= 0.6 is 0 Å². The Bertz CT molecular complexity index is 690. The smallest absolute Gasteiger partial charge is 0.317 e. The third kappa shape index (κ3) is 3.30. The van der Waals surface area contributed by atoms with Crippen LogP contribution < -0.4 is 5.32 Å². The zero-order chi connectivity index (χ0) is 16.4. The first-order valence-corrected chi connectivity index (χ1v) is 8.91. The van der Waals surface area contributed by atoms with Crippen molar-refractivity contribution in [3.8, 4) is 0 Å². The quantitative estimate of drug-likeness (QED) is 0.854. The molecular weight excluding hydrogens is 296 g/mol. The number of hydrogen-bond donors (Lipinski definition) is 1. The molecule has 2 aromatic rings. The van der Waals surface area contributed by atoms with Gasteiger partial charge in [-0.1, -0.05) is 60.7 Å². The molecule has 0 spiro atoms. The van der Waals surface area contributed by atoms with E-state index in [-0.39, 0.29) is 11.4 Å². The minimum absolute atomic E-state index is 0.0866. The molecule has 3 heteroatoms. The lowest BCUT2D eigenvalue weighted by molar-refractivity contribution is 0.191. The molecule has 0 aliphatic heterocycles. The number of urea groups is 1. The van der Waals surface area contributed by atoms with Gasteiger partial charge < -0.3 is 10.2 Å². The predicted octanol–water partition coefficient (Wildman–Crippen LogP) is 4.09. The average molecular weight is 320 g/mol. The highest BCUT2D eigenvalue weighted by Gasteiger charge is 2.44. The largest absolute Gasteiger partial charge is 0.337 e. The first-order chi connectivity index (χ1) is 11.8. The minimum atomic E-state index is 0.0866. The average Bonchev–Trinajstić information content (AvgIpc) is 3.54. The van der Waals surface area contributed by atoms with Crippen molar-refractivity contribution in [3.63, 3.8) is 0 Å². The fourth-order valence-corrected chi connectivity index (χ4v) is 3.39. The molecule has 2 aliphatic rings. The Hall–Kier alpha value is -2.29. The number of benzene rings is 2. The van der Waals surface area contributed by atoms with Gasteiger partial charge in [-0.3, -0.25) is 0 Å². The summed E-state index contributed by atoms with van der Waals surface area (Å²) in [6.45, 7) is 1.45. The number of carbonyl (C=O) groups is 1. The Balaban J connectivity index is 1.39. The van der Waals surface area contributed by atoms with Gasteiger partial charge in [0, 0.05) is 24.5 Å². The van der Waals surface area contributed by atoms with Crippen molar-refractivity contribution in [1.82, 2.24) is 10.2 Å². The van der Waals surface area contributed by atoms with Gasteiger partial charge in [-0.15, -0.1) is 0 Å². The van der Waals surface area contributed by atoms with Gasteiger partial charge in [0.15, 0.2) is 0 Å². The third-order valence-electron chi connectivity index (χ3n) is 5.26. The number of carbonyl (C=O) groups excluding carboxylic acids is 1. The molecule has 124 valence electrons. The van der Waals surface area contributed by atoms with Gasteiger partial charge in [-0.05, 0) is 36.8 Å². The maximum absolute atomic E-state index is 12.7. The van der Waals surface area contributed by atoms with E-state index in [1.54, 1.807) is 0 Å². The van der Waals surface area contributed by atoms with Crippen molar-refractivity contribution in [1.29, 1.82) is 0 Å². The third-order valence-corrected chi connectivity index (χ3v) is 5.26. The molecule has 3 nitrogen and oxygen atoms in total. The fraction of sp³-hybridized carbons (Fsp3) is 0.381. The van der Waals surface area contributed by atoms with Crippen molar-refractivity contribution < 1.29 is 4.79 Å². The lowest BCUT2D eigenvalue weighted by Gasteiger charge is -2.25. The normalized spacial score (nSPS) is 18.0. The SMILES string of the molecule is O=C(NCC1(c2ccccc2)CC1)N(Cc1ccccc1)C1CC1. The van der Waals surface area contributed by atoms with E-state index in [4.69, 9.17) is 0 Å². The van der Waals surface area contributed by atoms with Gasteiger partial charge in [0.2, 0.25) is 0 Å². The van der Waals surface area contributed by atoms with E-state index in [9.17, 15) is 4.79 Å². The Morgan fingerprint density at radius 2 is 1.62 bits per heavy atom. The lowest BCUT2D eigenvalue weighted by Crippen LogP contribution is -2.43. The maximum atomic E-state index is 12.7. The van der Waals surface area contributed by atoms with Crippen LogP contribution in [0, 0.1) is 0 Å². The molecule has 0 unspecified atom stereocenters. The zero-order valence-electron chi connectivity index (χ0n) is 13.9. The minimum Gasteiger partial charge on any atom is -0.337 e. The molecule has 0 radical (unpaired) electrons. The van der Waals surface area contributed by atoms with E-state index >= 15 is 0 Å². The number of amides is 2. The topological polar surface area (TPSA) is 32.3 Å². The molecular formula is C21H24N2O. The molecule has 2 fully saturated rings. The molecule has 2 amide bonds. The van der Waals surface area contributed by atoms with Gasteiger partial charge in [0.25, 0.3) is 0 Å². The highest BCUT2D eigenvalue weighted by atomic mass is 16.2. The van der Waals surface area contributed by atoms with Crippen LogP contribution in [0.1, 0.15) is 36.8 Å². The summed E-state index contributed by atoms with van der Waals surface area (Å²) in [5, 5.41) is 3.21. The van der Waals surface area contributed by atoms with Crippen molar-refractivity contribution in [2.45, 2.75) is 43.7 Å². The molecule has 0 aromatic heterocycles. The molecule has 4 rings (SSSR count). The van der Waals surface area contributed by atoms with E-state index in [2.05, 4.69) is 41.7 Å².